The molecule has 1 aliphatic heterocycles. The van der Waals surface area contributed by atoms with E-state index in [9.17, 15) is 18.0 Å². The van der Waals surface area contributed by atoms with Gasteiger partial charge in [-0.15, -0.1) is 0 Å². The maximum absolute atomic E-state index is 12.4. The van der Waals surface area contributed by atoms with Crippen LogP contribution in [0, 0.1) is 12.8 Å². The fourth-order valence-electron chi connectivity index (χ4n) is 3.61. The summed E-state index contributed by atoms with van der Waals surface area (Å²) in [5.41, 5.74) is 3.17. The number of ether oxygens (including phenoxy) is 1. The Kier molecular flexibility index (Phi) is 8.41. The van der Waals surface area contributed by atoms with Crippen molar-refractivity contribution in [1.82, 2.24) is 14.8 Å². The number of likely N-dealkylation sites (N-methyl/N-ethyl adjacent to an activating group) is 1. The third-order valence-electron chi connectivity index (χ3n) is 5.02. The number of aryl methyl sites for hydroxylation is 1. The number of nitrogens with zero attached hydrogens (tertiary/aromatic N) is 4. The van der Waals surface area contributed by atoms with Gasteiger partial charge in [-0.1, -0.05) is 13.8 Å². The molecule has 2 aromatic rings. The summed E-state index contributed by atoms with van der Waals surface area (Å²) in [5, 5.41) is 10.3. The van der Waals surface area contributed by atoms with Crippen LogP contribution in [-0.2, 0) is 22.6 Å². The molecule has 3 rings (SSSR count). The molecule has 0 aromatic carbocycles. The minimum absolute atomic E-state index is 0. The van der Waals surface area contributed by atoms with E-state index in [1.807, 2.05) is 38.8 Å². The highest BCUT2D eigenvalue weighted by Gasteiger charge is 2.34. The molecule has 1 aliphatic rings. The van der Waals surface area contributed by atoms with E-state index in [-0.39, 0.29) is 44.5 Å². The minimum Gasteiger partial charge on any atom is -0.370 e. The second kappa shape index (κ2) is 10.4. The molecule has 32 heavy (non-hydrogen) atoms. The van der Waals surface area contributed by atoms with E-state index in [1.165, 1.54) is 4.68 Å². The normalized spacial score (nSPS) is 15.9. The van der Waals surface area contributed by atoms with Gasteiger partial charge in [0.2, 0.25) is 5.91 Å². The fourth-order valence-corrected chi connectivity index (χ4v) is 3.61. The Bertz CT molecular complexity index is 935. The summed E-state index contributed by atoms with van der Waals surface area (Å²) in [6.45, 7) is 5.18. The molecule has 2 aromatic heterocycles. The van der Waals surface area contributed by atoms with Crippen molar-refractivity contribution in [1.29, 1.82) is 0 Å². The number of rotatable bonds is 8. The molecule has 0 spiro atoms. The number of hydrogen-bond acceptors (Lipinski definition) is 6. The largest absolute Gasteiger partial charge is 0.411 e. The molecule has 8 nitrogen and oxygen atoms in total. The van der Waals surface area contributed by atoms with Crippen LogP contribution in [0.25, 0.3) is 0 Å². The summed E-state index contributed by atoms with van der Waals surface area (Å²) >= 11 is 0. The number of aromatic nitrogens is 3. The van der Waals surface area contributed by atoms with Gasteiger partial charge >= 0.3 is 6.18 Å². The zero-order chi connectivity index (χ0) is 22.8. The summed E-state index contributed by atoms with van der Waals surface area (Å²) < 4.78 is 42.4. The summed E-state index contributed by atoms with van der Waals surface area (Å²) in [7, 11) is 1.90. The highest BCUT2D eigenvalue weighted by molar-refractivity contribution is 7.59. The van der Waals surface area contributed by atoms with E-state index in [1.54, 1.807) is 12.4 Å². The Hall–Kier alpha value is -2.47. The maximum Gasteiger partial charge on any atom is 0.411 e. The van der Waals surface area contributed by atoms with Gasteiger partial charge in [-0.2, -0.15) is 31.8 Å². The predicted molar refractivity (Wildman–Crippen MR) is 121 cm³/mol. The molecule has 0 saturated carbocycles. The Labute approximate surface area is 192 Å². The SMILES string of the molecule is Cc1nc(NCc2cnn(CCOCC(F)(F)F)c2)cc2c1NC(=O)[C@H](C(C)C)N2C.S. The summed E-state index contributed by atoms with van der Waals surface area (Å²) in [6.07, 6.45) is -0.940. The Morgan fingerprint density at radius 3 is 2.72 bits per heavy atom. The van der Waals surface area contributed by atoms with Crippen LogP contribution in [0.5, 0.6) is 0 Å². The fraction of sp³-hybridized carbons (Fsp3) is 0.550. The lowest BCUT2D eigenvalue weighted by atomic mass is 9.98. The number of amides is 1. The van der Waals surface area contributed by atoms with E-state index in [2.05, 4.69) is 25.5 Å². The Balaban J connectivity index is 0.00000363. The van der Waals surface area contributed by atoms with Gasteiger partial charge in [-0.3, -0.25) is 9.48 Å². The number of carbonyl (C=O) groups is 1. The Morgan fingerprint density at radius 2 is 2.06 bits per heavy atom. The second-order valence-electron chi connectivity index (χ2n) is 7.91. The van der Waals surface area contributed by atoms with E-state index in [4.69, 9.17) is 0 Å². The molecule has 0 radical (unpaired) electrons. The van der Waals surface area contributed by atoms with Crippen LogP contribution < -0.4 is 15.5 Å². The lowest BCUT2D eigenvalue weighted by molar-refractivity contribution is -0.174. The van der Waals surface area contributed by atoms with Crippen LogP contribution in [0.3, 0.4) is 0 Å². The molecule has 0 saturated heterocycles. The zero-order valence-corrected chi connectivity index (χ0v) is 19.5. The van der Waals surface area contributed by atoms with Crippen LogP contribution in [0.2, 0.25) is 0 Å². The average Bonchev–Trinajstić information content (AvgIpc) is 3.11. The summed E-state index contributed by atoms with van der Waals surface area (Å²) in [4.78, 5) is 18.9. The van der Waals surface area contributed by atoms with Crippen molar-refractivity contribution in [2.45, 2.75) is 46.1 Å². The number of halogens is 3. The average molecular weight is 475 g/mol. The predicted octanol–water partition coefficient (Wildman–Crippen LogP) is 3.30. The van der Waals surface area contributed by atoms with Crippen molar-refractivity contribution < 1.29 is 22.7 Å². The van der Waals surface area contributed by atoms with Crippen LogP contribution >= 0.6 is 13.5 Å². The van der Waals surface area contributed by atoms with Crippen molar-refractivity contribution >= 4 is 36.6 Å². The molecule has 12 heteroatoms. The number of alkyl halides is 3. The van der Waals surface area contributed by atoms with Gasteiger partial charge in [0, 0.05) is 31.4 Å². The third-order valence-corrected chi connectivity index (χ3v) is 5.02. The molecule has 0 aliphatic carbocycles. The van der Waals surface area contributed by atoms with E-state index in [0.717, 1.165) is 11.3 Å². The van der Waals surface area contributed by atoms with Crippen LogP contribution in [0.15, 0.2) is 18.5 Å². The van der Waals surface area contributed by atoms with Crippen molar-refractivity contribution in [2.24, 2.45) is 5.92 Å². The first-order valence-corrected chi connectivity index (χ1v) is 10.00. The molecule has 1 atom stereocenters. The van der Waals surface area contributed by atoms with Gasteiger partial charge in [0.05, 0.1) is 36.4 Å². The number of nitrogens with one attached hydrogen (secondary N) is 2. The van der Waals surface area contributed by atoms with Crippen molar-refractivity contribution in [3.8, 4) is 0 Å². The van der Waals surface area contributed by atoms with Gasteiger partial charge in [-0.25, -0.2) is 4.98 Å². The van der Waals surface area contributed by atoms with Crippen LogP contribution in [-0.4, -0.2) is 53.2 Å². The number of carbonyl (C=O) groups excluding carboxylic acids is 1. The number of fused-ring (bicyclic) bond motifs is 1. The van der Waals surface area contributed by atoms with Crippen molar-refractivity contribution in [3.05, 3.63) is 29.7 Å². The van der Waals surface area contributed by atoms with Gasteiger partial charge < -0.3 is 20.3 Å². The standard InChI is InChI=1S/C20H27F3N6O2.H2S/c1-12(2)18-19(30)27-17-13(3)26-16(7-15(17)28(18)4)24-8-14-9-25-29(10-14)5-6-31-11-20(21,22)23;/h7,9-10,12,18H,5-6,8,11H2,1-4H3,(H,24,26)(H,27,30);1H2/t18-;/m0./s1. The molecule has 1 amide bonds. The first-order chi connectivity index (χ1) is 14.5. The lowest BCUT2D eigenvalue weighted by Gasteiger charge is -2.38. The topological polar surface area (TPSA) is 84.3 Å². The summed E-state index contributed by atoms with van der Waals surface area (Å²) in [5.74, 6) is 0.763. The number of pyridine rings is 1. The van der Waals surface area contributed by atoms with Gasteiger partial charge in [0.15, 0.2) is 0 Å². The highest BCUT2D eigenvalue weighted by Crippen LogP contribution is 2.36. The molecule has 178 valence electrons. The van der Waals surface area contributed by atoms with Crippen LogP contribution in [0.1, 0.15) is 25.1 Å². The van der Waals surface area contributed by atoms with Gasteiger partial charge in [0.25, 0.3) is 0 Å². The first-order valence-electron chi connectivity index (χ1n) is 10.00. The van der Waals surface area contributed by atoms with Crippen molar-refractivity contribution in [2.75, 3.05) is 35.8 Å². The molecule has 2 N–H and O–H groups in total. The molecule has 0 unspecified atom stereocenters. The molecular formula is C20H29F3N6O2S. The first kappa shape index (κ1) is 25.8. The van der Waals surface area contributed by atoms with E-state index < -0.39 is 12.8 Å². The third kappa shape index (κ3) is 6.28. The maximum atomic E-state index is 12.4. The smallest absolute Gasteiger partial charge is 0.370 e. The lowest BCUT2D eigenvalue weighted by Crippen LogP contribution is -2.49. The van der Waals surface area contributed by atoms with E-state index >= 15 is 0 Å². The quantitative estimate of drug-likeness (QED) is 0.571. The molecular weight excluding hydrogens is 445 g/mol. The molecule has 0 fully saturated rings. The number of anilines is 3. The second-order valence-corrected chi connectivity index (χ2v) is 7.91. The highest BCUT2D eigenvalue weighted by atomic mass is 32.1. The zero-order valence-electron chi connectivity index (χ0n) is 18.5. The Morgan fingerprint density at radius 1 is 1.34 bits per heavy atom. The van der Waals surface area contributed by atoms with E-state index in [0.29, 0.717) is 23.7 Å². The van der Waals surface area contributed by atoms with Gasteiger partial charge in [0.1, 0.15) is 18.5 Å². The molecule has 0 bridgehead atoms. The van der Waals surface area contributed by atoms with Crippen LogP contribution in [0.4, 0.5) is 30.4 Å². The molecule has 3 heterocycles. The minimum atomic E-state index is -4.33. The van der Waals surface area contributed by atoms with Crippen molar-refractivity contribution in [3.63, 3.8) is 0 Å². The monoisotopic (exact) mass is 474 g/mol. The summed E-state index contributed by atoms with van der Waals surface area (Å²) in [6, 6.07) is 1.63. The van der Waals surface area contributed by atoms with Gasteiger partial charge in [-0.05, 0) is 12.8 Å². The number of hydrogen-bond donors (Lipinski definition) is 2.